The molecule has 0 saturated carbocycles. The predicted molar refractivity (Wildman–Crippen MR) is 109 cm³/mol. The lowest BCUT2D eigenvalue weighted by atomic mass is 9.97. The van der Waals surface area contributed by atoms with Crippen molar-refractivity contribution in [2.75, 3.05) is 12.9 Å². The minimum Gasteiger partial charge on any atom is -0.481 e. The molecule has 0 amide bonds. The molecule has 7 nitrogen and oxygen atoms in total. The number of sulfone groups is 1. The first-order valence-corrected chi connectivity index (χ1v) is 11.1. The maximum absolute atomic E-state index is 14.4. The van der Waals surface area contributed by atoms with Gasteiger partial charge in [-0.25, -0.2) is 22.6 Å². The van der Waals surface area contributed by atoms with E-state index in [2.05, 4.69) is 9.72 Å². The van der Waals surface area contributed by atoms with E-state index in [0.29, 0.717) is 11.1 Å². The first kappa shape index (κ1) is 23.3. The minimum absolute atomic E-state index is 0.00968. The molecule has 3 rings (SSSR count). The summed E-state index contributed by atoms with van der Waals surface area (Å²) in [6, 6.07) is 8.00. The second-order valence-corrected chi connectivity index (χ2v) is 8.96. The Hall–Kier alpha value is -3.34. The van der Waals surface area contributed by atoms with Crippen molar-refractivity contribution in [3.8, 4) is 11.6 Å². The maximum atomic E-state index is 14.4. The number of alkyl halides is 2. The van der Waals surface area contributed by atoms with E-state index in [1.54, 1.807) is 0 Å². The van der Waals surface area contributed by atoms with Gasteiger partial charge in [0.25, 0.3) is 0 Å². The first-order chi connectivity index (χ1) is 15.0. The van der Waals surface area contributed by atoms with Gasteiger partial charge in [-0.15, -0.1) is 0 Å². The van der Waals surface area contributed by atoms with E-state index >= 15 is 0 Å². The van der Waals surface area contributed by atoms with Crippen LogP contribution in [-0.2, 0) is 21.1 Å². The number of fused-ring (bicyclic) bond motifs is 1. The van der Waals surface area contributed by atoms with Gasteiger partial charge in [0.15, 0.2) is 16.4 Å². The molecule has 3 aromatic rings. The summed E-state index contributed by atoms with van der Waals surface area (Å²) in [6.45, 7) is -2.40. The number of hydrogen-bond acceptors (Lipinski definition) is 6. The molecular weight excluding hydrogens is 451 g/mol. The zero-order valence-corrected chi connectivity index (χ0v) is 17.7. The van der Waals surface area contributed by atoms with Crippen LogP contribution in [0.2, 0.25) is 0 Å². The number of aliphatic carboxylic acids is 1. The molecule has 0 radical (unpaired) electrons. The zero-order valence-electron chi connectivity index (χ0n) is 16.9. The number of aryl methyl sites for hydroxylation is 1. The lowest BCUT2D eigenvalue weighted by Crippen LogP contribution is -2.12. The zero-order chi connectivity index (χ0) is 23.6. The van der Waals surface area contributed by atoms with Crippen LogP contribution in [0.1, 0.15) is 16.7 Å². The van der Waals surface area contributed by atoms with E-state index in [0.717, 1.165) is 12.3 Å². The molecule has 0 fully saturated rings. The molecule has 170 valence electrons. The van der Waals surface area contributed by atoms with Crippen molar-refractivity contribution in [2.45, 2.75) is 24.9 Å². The summed E-state index contributed by atoms with van der Waals surface area (Å²) in [4.78, 5) is 14.9. The highest BCUT2D eigenvalue weighted by molar-refractivity contribution is 7.90. The fourth-order valence-electron chi connectivity index (χ4n) is 3.21. The summed E-state index contributed by atoms with van der Waals surface area (Å²) >= 11 is 0. The number of rotatable bonds is 8. The number of carboxylic acids is 1. The summed E-state index contributed by atoms with van der Waals surface area (Å²) in [5, 5.41) is 9.00. The molecule has 0 aliphatic heterocycles. The topological polar surface area (TPSA) is 103 Å². The van der Waals surface area contributed by atoms with Crippen LogP contribution in [0.25, 0.3) is 10.9 Å². The van der Waals surface area contributed by atoms with Crippen LogP contribution >= 0.6 is 0 Å². The van der Waals surface area contributed by atoms with E-state index in [9.17, 15) is 26.4 Å². The number of halogens is 3. The predicted octanol–water partition coefficient (Wildman–Crippen LogP) is 3.74. The van der Waals surface area contributed by atoms with Crippen molar-refractivity contribution in [2.24, 2.45) is 0 Å². The molecule has 0 aliphatic rings. The molecule has 0 bridgehead atoms. The van der Waals surface area contributed by atoms with Crippen molar-refractivity contribution >= 4 is 26.7 Å². The molecule has 2 aromatic carbocycles. The van der Waals surface area contributed by atoms with Gasteiger partial charge < -0.3 is 14.6 Å². The van der Waals surface area contributed by atoms with Crippen LogP contribution in [0.15, 0.2) is 41.3 Å². The maximum Gasteiger partial charge on any atom is 0.388 e. The molecule has 0 spiro atoms. The Morgan fingerprint density at radius 3 is 2.38 bits per heavy atom. The summed E-state index contributed by atoms with van der Waals surface area (Å²) in [5.41, 5.74) is 0.746. The number of hydrogen-bond donors (Lipinski definition) is 1. The Labute approximate surface area is 181 Å². The number of pyridine rings is 1. The Balaban J connectivity index is 2.16. The fraction of sp³-hybridized carbons (Fsp3) is 0.238. The number of aromatic nitrogens is 1. The van der Waals surface area contributed by atoms with Crippen LogP contribution in [-0.4, -0.2) is 44.0 Å². The summed E-state index contributed by atoms with van der Waals surface area (Å²) in [6.07, 6.45) is 1.07. The molecule has 1 heterocycles. The van der Waals surface area contributed by atoms with E-state index in [-0.39, 0.29) is 33.5 Å². The highest BCUT2D eigenvalue weighted by Gasteiger charge is 2.22. The van der Waals surface area contributed by atoms with Crippen LogP contribution in [0.4, 0.5) is 13.2 Å². The lowest BCUT2D eigenvalue weighted by molar-refractivity contribution is -0.139. The van der Waals surface area contributed by atoms with Crippen LogP contribution in [0.5, 0.6) is 11.6 Å². The Morgan fingerprint density at radius 1 is 1.16 bits per heavy atom. The molecule has 1 aromatic heterocycles. The fourth-order valence-corrected chi connectivity index (χ4v) is 3.84. The summed E-state index contributed by atoms with van der Waals surface area (Å²) in [7, 11) is -3.42. The molecule has 11 heteroatoms. The first-order valence-electron chi connectivity index (χ1n) is 9.17. The normalized spacial score (nSPS) is 11.7. The molecule has 0 unspecified atom stereocenters. The van der Waals surface area contributed by atoms with Crippen LogP contribution in [0.3, 0.4) is 0 Å². The Bertz CT molecular complexity index is 1280. The third kappa shape index (κ3) is 5.10. The molecule has 0 saturated heterocycles. The van der Waals surface area contributed by atoms with Crippen molar-refractivity contribution in [3.63, 3.8) is 0 Å². The molecular formula is C21H18F3NO6S. The average molecular weight is 469 g/mol. The largest absolute Gasteiger partial charge is 0.481 e. The Morgan fingerprint density at radius 2 is 1.81 bits per heavy atom. The van der Waals surface area contributed by atoms with Gasteiger partial charge in [-0.2, -0.15) is 8.78 Å². The van der Waals surface area contributed by atoms with Crippen LogP contribution in [0, 0.1) is 12.7 Å². The lowest BCUT2D eigenvalue weighted by Gasteiger charge is -2.17. The van der Waals surface area contributed by atoms with Crippen molar-refractivity contribution in [3.05, 3.63) is 58.9 Å². The third-order valence-corrected chi connectivity index (χ3v) is 5.80. The van der Waals surface area contributed by atoms with Crippen molar-refractivity contribution in [1.82, 2.24) is 4.98 Å². The van der Waals surface area contributed by atoms with Crippen molar-refractivity contribution < 1.29 is 41.0 Å². The van der Waals surface area contributed by atoms with Gasteiger partial charge in [0.2, 0.25) is 5.88 Å². The number of carbonyl (C=O) groups is 1. The SMILES string of the molecule is Cc1c(Cc2ccc(S(C)(=O)=O)cc2)c(OC(F)F)nc2c(F)ccc(OCC(=O)O)c12. The number of nitrogens with zero attached hydrogens (tertiary/aromatic N) is 1. The van der Waals surface area contributed by atoms with E-state index in [1.165, 1.54) is 37.3 Å². The van der Waals surface area contributed by atoms with Gasteiger partial charge in [-0.3, -0.25) is 0 Å². The third-order valence-electron chi connectivity index (χ3n) is 4.67. The number of ether oxygens (including phenoxy) is 2. The average Bonchev–Trinajstić information content (AvgIpc) is 2.70. The van der Waals surface area contributed by atoms with E-state index < -0.39 is 40.7 Å². The van der Waals surface area contributed by atoms with Gasteiger partial charge in [0, 0.05) is 23.6 Å². The molecule has 32 heavy (non-hydrogen) atoms. The van der Waals surface area contributed by atoms with Crippen LogP contribution < -0.4 is 9.47 Å². The monoisotopic (exact) mass is 469 g/mol. The highest BCUT2D eigenvalue weighted by atomic mass is 32.2. The molecule has 0 aliphatic carbocycles. The number of carboxylic acid groups (broad SMARTS) is 1. The molecule has 0 atom stereocenters. The smallest absolute Gasteiger partial charge is 0.388 e. The second-order valence-electron chi connectivity index (χ2n) is 6.94. The second kappa shape index (κ2) is 9.03. The van der Waals surface area contributed by atoms with Gasteiger partial charge in [0.1, 0.15) is 17.1 Å². The minimum atomic E-state index is -3.42. The molecule has 1 N–H and O–H groups in total. The van der Waals surface area contributed by atoms with Gasteiger partial charge in [-0.1, -0.05) is 12.1 Å². The summed E-state index contributed by atoms with van der Waals surface area (Å²) < 4.78 is 73.6. The van der Waals surface area contributed by atoms with Gasteiger partial charge in [-0.05, 0) is 42.3 Å². The number of benzene rings is 2. The Kier molecular flexibility index (Phi) is 6.58. The highest BCUT2D eigenvalue weighted by Crippen LogP contribution is 2.36. The van der Waals surface area contributed by atoms with Gasteiger partial charge in [0.05, 0.1) is 4.90 Å². The van der Waals surface area contributed by atoms with E-state index in [4.69, 9.17) is 9.84 Å². The van der Waals surface area contributed by atoms with Crippen molar-refractivity contribution in [1.29, 1.82) is 0 Å². The quantitative estimate of drug-likeness (QED) is 0.536. The summed E-state index contributed by atoms with van der Waals surface area (Å²) in [5.74, 6) is -2.55. The van der Waals surface area contributed by atoms with E-state index in [1.807, 2.05) is 0 Å². The van der Waals surface area contributed by atoms with Gasteiger partial charge >= 0.3 is 12.6 Å². The standard InChI is InChI=1S/C21H18F3NO6S/c1-11-14(9-12-3-5-13(6-4-12)32(2,28)29)20(31-21(23)24)25-19-15(22)7-8-16(18(11)19)30-10-17(26)27/h3-8,21H,9-10H2,1-2H3,(H,26,27).